The van der Waals surface area contributed by atoms with Gasteiger partial charge in [0, 0.05) is 18.9 Å². The van der Waals surface area contributed by atoms with Gasteiger partial charge in [-0.05, 0) is 25.7 Å². The van der Waals surface area contributed by atoms with E-state index in [9.17, 15) is 4.79 Å². The Morgan fingerprint density at radius 2 is 2.20 bits per heavy atom. The Morgan fingerprint density at radius 1 is 1.47 bits per heavy atom. The summed E-state index contributed by atoms with van der Waals surface area (Å²) in [5.74, 6) is 0.636. The second-order valence-corrected chi connectivity index (χ2v) is 4.89. The van der Waals surface area contributed by atoms with Crippen molar-refractivity contribution in [3.63, 3.8) is 0 Å². The molecule has 1 aliphatic carbocycles. The number of amides is 1. The fourth-order valence-corrected chi connectivity index (χ4v) is 2.86. The summed E-state index contributed by atoms with van der Waals surface area (Å²) in [4.78, 5) is 10.9. The van der Waals surface area contributed by atoms with Crippen LogP contribution in [0.15, 0.2) is 5.51 Å². The van der Waals surface area contributed by atoms with E-state index in [1.165, 1.54) is 0 Å². The molecule has 5 heteroatoms. The average Bonchev–Trinajstić information content (AvgIpc) is 2.71. The van der Waals surface area contributed by atoms with Gasteiger partial charge in [0.15, 0.2) is 0 Å². The number of hydrogen-bond acceptors (Lipinski definition) is 4. The zero-order chi connectivity index (χ0) is 10.7. The summed E-state index contributed by atoms with van der Waals surface area (Å²) in [5.41, 5.74) is 1.79. The Kier molecular flexibility index (Phi) is 3.30. The monoisotopic (exact) mass is 225 g/mol. The van der Waals surface area contributed by atoms with Crippen LogP contribution in [0.3, 0.4) is 0 Å². The summed E-state index contributed by atoms with van der Waals surface area (Å²) in [7, 11) is 0. The summed E-state index contributed by atoms with van der Waals surface area (Å²) in [6.45, 7) is 1.58. The zero-order valence-electron chi connectivity index (χ0n) is 8.77. The van der Waals surface area contributed by atoms with Gasteiger partial charge in [-0.3, -0.25) is 4.79 Å². The molecular weight excluding hydrogens is 210 g/mol. The van der Waals surface area contributed by atoms with Crippen molar-refractivity contribution in [1.29, 1.82) is 0 Å². The minimum Gasteiger partial charge on any atom is -0.354 e. The highest BCUT2D eigenvalue weighted by Gasteiger charge is 2.24. The van der Waals surface area contributed by atoms with Crippen LogP contribution in [0.1, 0.15) is 43.5 Å². The minimum atomic E-state index is 0.0781. The van der Waals surface area contributed by atoms with Crippen LogP contribution in [-0.2, 0) is 4.79 Å². The van der Waals surface area contributed by atoms with E-state index in [0.717, 1.165) is 30.7 Å². The third-order valence-corrected chi connectivity index (χ3v) is 3.72. The fraction of sp³-hybridized carbons (Fsp3) is 0.700. The Hall–Kier alpha value is -0.970. The van der Waals surface area contributed by atoms with Crippen LogP contribution in [0.2, 0.25) is 0 Å². The summed E-state index contributed by atoms with van der Waals surface area (Å²) >= 11 is 1.64. The molecule has 0 spiro atoms. The molecule has 4 nitrogen and oxygen atoms in total. The van der Waals surface area contributed by atoms with E-state index < -0.39 is 0 Å². The maximum Gasteiger partial charge on any atom is 0.217 e. The lowest BCUT2D eigenvalue weighted by molar-refractivity contribution is -0.119. The Balaban J connectivity index is 1.84. The molecular formula is C10H15N3OS. The second-order valence-electron chi connectivity index (χ2n) is 4.03. The normalized spacial score (nSPS) is 26.2. The SMILES string of the molecule is CC(=O)N[C@H]1CC[C@H](c2nncs2)CC1. The van der Waals surface area contributed by atoms with Gasteiger partial charge in [0.2, 0.25) is 5.91 Å². The highest BCUT2D eigenvalue weighted by molar-refractivity contribution is 7.09. The van der Waals surface area contributed by atoms with Crippen LogP contribution in [0, 0.1) is 0 Å². The third kappa shape index (κ3) is 2.75. The first-order valence-corrected chi connectivity index (χ1v) is 6.17. The second kappa shape index (κ2) is 4.70. The molecule has 0 unspecified atom stereocenters. The fourth-order valence-electron chi connectivity index (χ4n) is 2.13. The van der Waals surface area contributed by atoms with Crippen molar-refractivity contribution < 1.29 is 4.79 Å². The topological polar surface area (TPSA) is 54.9 Å². The van der Waals surface area contributed by atoms with Crippen molar-refractivity contribution in [3.8, 4) is 0 Å². The van der Waals surface area contributed by atoms with Crippen LogP contribution in [0.5, 0.6) is 0 Å². The number of aromatic nitrogens is 2. The highest BCUT2D eigenvalue weighted by Crippen LogP contribution is 2.33. The van der Waals surface area contributed by atoms with Gasteiger partial charge >= 0.3 is 0 Å². The van der Waals surface area contributed by atoms with Gasteiger partial charge in [0.05, 0.1) is 0 Å². The Bertz CT molecular complexity index is 317. The molecule has 1 amide bonds. The predicted octanol–water partition coefficient (Wildman–Crippen LogP) is 1.70. The molecule has 15 heavy (non-hydrogen) atoms. The maximum absolute atomic E-state index is 10.9. The predicted molar refractivity (Wildman–Crippen MR) is 58.7 cm³/mol. The molecule has 1 N–H and O–H groups in total. The molecule has 82 valence electrons. The molecule has 1 aliphatic rings. The van der Waals surface area contributed by atoms with E-state index >= 15 is 0 Å². The molecule has 2 rings (SSSR count). The zero-order valence-corrected chi connectivity index (χ0v) is 9.59. The molecule has 1 fully saturated rings. The lowest BCUT2D eigenvalue weighted by Gasteiger charge is -2.27. The maximum atomic E-state index is 10.9. The first kappa shape index (κ1) is 10.5. The summed E-state index contributed by atoms with van der Waals surface area (Å²) in [6.07, 6.45) is 4.34. The molecule has 0 bridgehead atoms. The van der Waals surface area contributed by atoms with Crippen LogP contribution >= 0.6 is 11.3 Å². The van der Waals surface area contributed by atoms with E-state index in [-0.39, 0.29) is 5.91 Å². The molecule has 0 aliphatic heterocycles. The molecule has 0 atom stereocenters. The quantitative estimate of drug-likeness (QED) is 0.833. The minimum absolute atomic E-state index is 0.0781. The van der Waals surface area contributed by atoms with Crippen molar-refractivity contribution in [2.45, 2.75) is 44.6 Å². The largest absolute Gasteiger partial charge is 0.354 e. The average molecular weight is 225 g/mol. The van der Waals surface area contributed by atoms with Gasteiger partial charge in [0.1, 0.15) is 10.5 Å². The first-order chi connectivity index (χ1) is 7.25. The smallest absolute Gasteiger partial charge is 0.217 e. The van der Waals surface area contributed by atoms with Crippen molar-refractivity contribution in [2.24, 2.45) is 0 Å². The van der Waals surface area contributed by atoms with E-state index in [2.05, 4.69) is 15.5 Å². The van der Waals surface area contributed by atoms with Crippen LogP contribution in [-0.4, -0.2) is 22.1 Å². The van der Waals surface area contributed by atoms with Gasteiger partial charge in [-0.15, -0.1) is 21.5 Å². The number of carbonyl (C=O) groups excluding carboxylic acids is 1. The molecule has 1 heterocycles. The van der Waals surface area contributed by atoms with Gasteiger partial charge in [-0.2, -0.15) is 0 Å². The molecule has 1 aromatic rings. The number of nitrogens with zero attached hydrogens (tertiary/aromatic N) is 2. The first-order valence-electron chi connectivity index (χ1n) is 5.29. The van der Waals surface area contributed by atoms with E-state index in [1.54, 1.807) is 23.8 Å². The summed E-state index contributed by atoms with van der Waals surface area (Å²) in [5, 5.41) is 12.1. The van der Waals surface area contributed by atoms with E-state index in [1.807, 2.05) is 0 Å². The Morgan fingerprint density at radius 3 is 2.73 bits per heavy atom. The highest BCUT2D eigenvalue weighted by atomic mass is 32.1. The number of nitrogens with one attached hydrogen (secondary N) is 1. The summed E-state index contributed by atoms with van der Waals surface area (Å²) in [6, 6.07) is 0.367. The molecule has 0 radical (unpaired) electrons. The van der Waals surface area contributed by atoms with Crippen LogP contribution < -0.4 is 5.32 Å². The van der Waals surface area contributed by atoms with Crippen molar-refractivity contribution in [2.75, 3.05) is 0 Å². The Labute approximate surface area is 93.1 Å². The van der Waals surface area contributed by atoms with E-state index in [4.69, 9.17) is 0 Å². The van der Waals surface area contributed by atoms with Crippen molar-refractivity contribution in [3.05, 3.63) is 10.5 Å². The number of carbonyl (C=O) groups is 1. The lowest BCUT2D eigenvalue weighted by atomic mass is 9.86. The van der Waals surface area contributed by atoms with E-state index in [0.29, 0.717) is 12.0 Å². The number of rotatable bonds is 2. The van der Waals surface area contributed by atoms with Crippen molar-refractivity contribution >= 4 is 17.2 Å². The van der Waals surface area contributed by atoms with Gasteiger partial charge in [-0.25, -0.2) is 0 Å². The molecule has 1 aromatic heterocycles. The standard InChI is InChI=1S/C10H15N3OS/c1-7(14)12-9-4-2-8(3-5-9)10-13-11-6-15-10/h6,8-9H,2-5H2,1H3,(H,12,14)/t8-,9-. The molecule has 0 aromatic carbocycles. The number of hydrogen-bond donors (Lipinski definition) is 1. The molecule has 1 saturated carbocycles. The van der Waals surface area contributed by atoms with Crippen LogP contribution in [0.4, 0.5) is 0 Å². The van der Waals surface area contributed by atoms with Gasteiger partial charge in [-0.1, -0.05) is 0 Å². The van der Waals surface area contributed by atoms with Gasteiger partial charge < -0.3 is 5.32 Å². The van der Waals surface area contributed by atoms with Gasteiger partial charge in [0.25, 0.3) is 0 Å². The lowest BCUT2D eigenvalue weighted by Crippen LogP contribution is -2.35. The molecule has 0 saturated heterocycles. The van der Waals surface area contributed by atoms with Crippen LogP contribution in [0.25, 0.3) is 0 Å². The third-order valence-electron chi connectivity index (χ3n) is 2.86. The van der Waals surface area contributed by atoms with Crippen molar-refractivity contribution in [1.82, 2.24) is 15.5 Å². The summed E-state index contributed by atoms with van der Waals surface area (Å²) < 4.78 is 0.